The molecule has 3 rings (SSSR count). The van der Waals surface area contributed by atoms with Crippen LogP contribution in [0.1, 0.15) is 0 Å². The van der Waals surface area contributed by atoms with Gasteiger partial charge in [-0.3, -0.25) is 0 Å². The molecule has 0 bridgehead atoms. The molecule has 2 aromatic rings. The molecule has 0 saturated heterocycles. The number of benzene rings is 2. The first-order chi connectivity index (χ1) is 12.2. The van der Waals surface area contributed by atoms with Crippen molar-refractivity contribution in [1.29, 1.82) is 0 Å². The fourth-order valence-corrected chi connectivity index (χ4v) is 5.03. The Morgan fingerprint density at radius 1 is 0.880 bits per heavy atom. The Hall–Kier alpha value is 0.692. The van der Waals surface area contributed by atoms with E-state index in [0.717, 1.165) is 0 Å². The average Bonchev–Trinajstić information content (AvgIpc) is 3.04. The van der Waals surface area contributed by atoms with Gasteiger partial charge < -0.3 is 0 Å². The number of hydrogen-bond acceptors (Lipinski definition) is 0. The first kappa shape index (κ1) is 23.7. The maximum absolute atomic E-state index is 4.81. The van der Waals surface area contributed by atoms with Crippen molar-refractivity contribution in [2.45, 2.75) is 4.82 Å². The monoisotopic (exact) mass is 565 g/mol. The number of alkyl halides is 2. The Morgan fingerprint density at radius 3 is 1.60 bits per heavy atom. The SMILES string of the molecule is ClCCl.[Cl][Pd][Cl].[Fe][CH]1C=CC(P(c2ccccc2)c2ccccc2)=C1. The van der Waals surface area contributed by atoms with Crippen LogP contribution in [0.4, 0.5) is 0 Å². The summed E-state index contributed by atoms with van der Waals surface area (Å²) in [5.74, 6) is 0. The van der Waals surface area contributed by atoms with Gasteiger partial charge in [0.1, 0.15) is 0 Å². The summed E-state index contributed by atoms with van der Waals surface area (Å²) < 4.78 is 0. The Kier molecular flexibility index (Phi) is 14.0. The standard InChI is InChI=1S/C17H14P.CH2Cl2.2ClH.Fe.Pd/c1-3-9-15(10-4-1)18(17-13-7-8-14-17)16-11-5-2-6-12-16;2-1-3;;;;/h1-14H;1H2;2*1H;;/q;;;;;+2/p-2. The molecule has 2 aromatic carbocycles. The van der Waals surface area contributed by atoms with E-state index in [2.05, 4.69) is 94.9 Å². The molecule has 0 amide bonds. The minimum absolute atomic E-state index is 0.106. The normalized spacial score (nSPS) is 15.1. The zero-order valence-electron chi connectivity index (χ0n) is 12.9. The summed E-state index contributed by atoms with van der Waals surface area (Å²) in [5.41, 5.74) is 0. The van der Waals surface area contributed by atoms with Crippen LogP contribution in [-0.4, -0.2) is 5.34 Å². The molecule has 1 unspecified atom stereocenters. The molecule has 0 fully saturated rings. The van der Waals surface area contributed by atoms with Crippen molar-refractivity contribution >= 4 is 60.8 Å². The average molecular weight is 567 g/mol. The molecule has 0 aliphatic heterocycles. The van der Waals surface area contributed by atoms with Gasteiger partial charge in [-0.25, -0.2) is 0 Å². The van der Waals surface area contributed by atoms with E-state index >= 15 is 0 Å². The topological polar surface area (TPSA) is 0 Å². The molecule has 0 radical (unpaired) electrons. The molecule has 0 aromatic heterocycles. The molecule has 7 heteroatoms. The van der Waals surface area contributed by atoms with Crippen LogP contribution in [0.5, 0.6) is 0 Å². The molecular formula is C18H16Cl4FePPd. The van der Waals surface area contributed by atoms with Crippen molar-refractivity contribution in [2.24, 2.45) is 0 Å². The first-order valence-electron chi connectivity index (χ1n) is 7.05. The summed E-state index contributed by atoms with van der Waals surface area (Å²) in [6.45, 7) is 0. The van der Waals surface area contributed by atoms with E-state index in [1.165, 1.54) is 15.9 Å². The van der Waals surface area contributed by atoms with E-state index in [0.29, 0.717) is 4.82 Å². The number of hydrogen-bond donors (Lipinski definition) is 0. The Morgan fingerprint density at radius 2 is 1.28 bits per heavy atom. The van der Waals surface area contributed by atoms with Crippen molar-refractivity contribution in [1.82, 2.24) is 0 Å². The summed E-state index contributed by atoms with van der Waals surface area (Å²) in [4.78, 5) is 0.312. The van der Waals surface area contributed by atoms with Gasteiger partial charge in [0.05, 0.1) is 5.34 Å². The maximum atomic E-state index is 4.81. The van der Waals surface area contributed by atoms with Crippen molar-refractivity contribution in [3.63, 3.8) is 0 Å². The third kappa shape index (κ3) is 8.95. The van der Waals surface area contributed by atoms with Gasteiger partial charge in [-0.05, 0) is 0 Å². The van der Waals surface area contributed by atoms with Gasteiger partial charge in [0.25, 0.3) is 0 Å². The molecule has 0 N–H and O–H groups in total. The Labute approximate surface area is 185 Å². The molecule has 0 spiro atoms. The molecule has 1 atom stereocenters. The van der Waals surface area contributed by atoms with Gasteiger partial charge in [0.15, 0.2) is 0 Å². The molecule has 0 saturated carbocycles. The number of allylic oxidation sites excluding steroid dienone is 4. The fraction of sp³-hybridized carbons (Fsp3) is 0.111. The number of halogens is 4. The van der Waals surface area contributed by atoms with Crippen LogP contribution < -0.4 is 10.6 Å². The van der Waals surface area contributed by atoms with Gasteiger partial charge in [0.2, 0.25) is 0 Å². The van der Waals surface area contributed by atoms with E-state index in [1.54, 1.807) is 0 Å². The fourth-order valence-electron chi connectivity index (χ4n) is 2.21. The van der Waals surface area contributed by atoms with Crippen molar-refractivity contribution in [3.8, 4) is 0 Å². The second-order valence-electron chi connectivity index (χ2n) is 4.53. The van der Waals surface area contributed by atoms with Crippen LogP contribution in [-0.2, 0) is 32.0 Å². The van der Waals surface area contributed by atoms with Gasteiger partial charge in [-0.2, -0.15) is 0 Å². The van der Waals surface area contributed by atoms with Crippen LogP contribution >= 0.6 is 50.2 Å². The molecule has 0 nitrogen and oxygen atoms in total. The molecule has 139 valence electrons. The Balaban J connectivity index is 0.000000460. The van der Waals surface area contributed by atoms with E-state index in [4.69, 9.17) is 42.3 Å². The van der Waals surface area contributed by atoms with Crippen LogP contribution in [0.25, 0.3) is 0 Å². The van der Waals surface area contributed by atoms with E-state index in [9.17, 15) is 0 Å². The van der Waals surface area contributed by atoms with Gasteiger partial charge >= 0.3 is 159 Å². The summed E-state index contributed by atoms with van der Waals surface area (Å²) in [6, 6.07) is 21.5. The Bertz CT molecular complexity index is 611. The summed E-state index contributed by atoms with van der Waals surface area (Å²) in [5, 5.41) is 4.40. The minimum atomic E-state index is -0.444. The molecular weight excluding hydrogens is 551 g/mol. The quantitative estimate of drug-likeness (QED) is 0.220. The zero-order valence-corrected chi connectivity index (χ0v) is 19.5. The van der Waals surface area contributed by atoms with Crippen LogP contribution in [0.3, 0.4) is 0 Å². The van der Waals surface area contributed by atoms with Crippen molar-refractivity contribution in [3.05, 3.63) is 84.2 Å². The predicted molar refractivity (Wildman–Crippen MR) is 108 cm³/mol. The predicted octanol–water partition coefficient (Wildman–Crippen LogP) is 6.71. The molecule has 25 heavy (non-hydrogen) atoms. The van der Waals surface area contributed by atoms with Crippen LogP contribution in [0, 0.1) is 0 Å². The first-order valence-corrected chi connectivity index (χ1v) is 14.1. The molecule has 0 heterocycles. The van der Waals surface area contributed by atoms with Gasteiger partial charge in [-0.15, -0.1) is 23.2 Å². The number of rotatable bonds is 3. The van der Waals surface area contributed by atoms with E-state index < -0.39 is 7.92 Å². The van der Waals surface area contributed by atoms with Gasteiger partial charge in [0, 0.05) is 0 Å². The molecule has 1 aliphatic carbocycles. The van der Waals surface area contributed by atoms with Crippen molar-refractivity contribution < 1.29 is 32.0 Å². The van der Waals surface area contributed by atoms with E-state index in [-0.39, 0.29) is 21.3 Å². The van der Waals surface area contributed by atoms with Gasteiger partial charge in [-0.1, -0.05) is 0 Å². The molecule has 1 aliphatic rings. The summed E-state index contributed by atoms with van der Waals surface area (Å²) in [7, 11) is 9.18. The second-order valence-corrected chi connectivity index (χ2v) is 10.7. The third-order valence-electron chi connectivity index (χ3n) is 3.06. The van der Waals surface area contributed by atoms with Crippen LogP contribution in [0.15, 0.2) is 84.2 Å². The summed E-state index contributed by atoms with van der Waals surface area (Å²) >= 11 is 13.5. The van der Waals surface area contributed by atoms with Crippen molar-refractivity contribution in [2.75, 3.05) is 5.34 Å². The summed E-state index contributed by atoms with van der Waals surface area (Å²) in [6.07, 6.45) is 6.70. The zero-order chi connectivity index (χ0) is 18.5. The van der Waals surface area contributed by atoms with Crippen LogP contribution in [0.2, 0.25) is 4.82 Å². The van der Waals surface area contributed by atoms with E-state index in [1.807, 2.05) is 0 Å². The second kappa shape index (κ2) is 14.7. The third-order valence-corrected chi connectivity index (χ3v) is 5.90.